The first-order valence-electron chi connectivity index (χ1n) is 2.55. The molecule has 0 aliphatic carbocycles. The molecule has 0 bridgehead atoms. The Morgan fingerprint density at radius 2 is 2.27 bits per heavy atom. The van der Waals surface area contributed by atoms with Gasteiger partial charge in [0, 0.05) is 0 Å². The molecule has 0 amide bonds. The quantitative estimate of drug-likeness (QED) is 0.362. The van der Waals surface area contributed by atoms with E-state index in [0.717, 1.165) is 0 Å². The highest BCUT2D eigenvalue weighted by atomic mass is 32.2. The minimum Gasteiger partial charge on any atom is -0.375 e. The first-order valence-corrected chi connectivity index (χ1v) is 4.35. The van der Waals surface area contributed by atoms with E-state index in [-0.39, 0.29) is 6.54 Å². The first-order chi connectivity index (χ1) is 4.89. The smallest absolute Gasteiger partial charge is 0.362 e. The predicted molar refractivity (Wildman–Crippen MR) is 45.2 cm³/mol. The molecule has 0 saturated heterocycles. The van der Waals surface area contributed by atoms with Crippen LogP contribution in [0.2, 0.25) is 0 Å². The normalized spacial score (nSPS) is 10.6. The van der Waals surface area contributed by atoms with Gasteiger partial charge >= 0.3 is 10.3 Å². The van der Waals surface area contributed by atoms with Crippen LogP contribution in [0.25, 0.3) is 0 Å². The number of nitrogens with two attached hydrogens (primary N) is 1. The van der Waals surface area contributed by atoms with Crippen LogP contribution in [0.15, 0.2) is 12.7 Å². The van der Waals surface area contributed by atoms with E-state index < -0.39 is 15.4 Å². The molecule has 0 aliphatic heterocycles. The Morgan fingerprint density at radius 1 is 1.82 bits per heavy atom. The highest BCUT2D eigenvalue weighted by Crippen LogP contribution is 1.96. The summed E-state index contributed by atoms with van der Waals surface area (Å²) in [7, 11) is -4.33. The number of hydrogen-bond donors (Lipinski definition) is 2. The van der Waals surface area contributed by atoms with Gasteiger partial charge in [-0.05, 0) is 12.2 Å². The Labute approximate surface area is 70.4 Å². The van der Waals surface area contributed by atoms with E-state index in [2.05, 4.69) is 18.8 Å². The Kier molecular flexibility index (Phi) is 3.43. The summed E-state index contributed by atoms with van der Waals surface area (Å²) in [6.45, 7) is 3.13. The van der Waals surface area contributed by atoms with Crippen molar-refractivity contribution < 1.29 is 13.0 Å². The van der Waals surface area contributed by atoms with Crippen molar-refractivity contribution in [2.45, 2.75) is 0 Å². The van der Waals surface area contributed by atoms with Gasteiger partial charge in [0.05, 0.1) is 6.54 Å². The van der Waals surface area contributed by atoms with Crippen molar-refractivity contribution in [3.05, 3.63) is 12.7 Å². The molecule has 0 aromatic carbocycles. The summed E-state index contributed by atoms with van der Waals surface area (Å²) in [6, 6.07) is 0. The van der Waals surface area contributed by atoms with E-state index in [1.165, 1.54) is 6.08 Å². The van der Waals surface area contributed by atoms with Crippen LogP contribution in [0.1, 0.15) is 0 Å². The van der Waals surface area contributed by atoms with Crippen LogP contribution < -0.4 is 5.73 Å². The average molecular weight is 196 g/mol. The van der Waals surface area contributed by atoms with E-state index in [4.69, 9.17) is 10.3 Å². The molecule has 0 aromatic heterocycles. The topological polar surface area (TPSA) is 83.6 Å². The molecule has 0 aromatic rings. The van der Waals surface area contributed by atoms with E-state index in [0.29, 0.717) is 4.31 Å². The third kappa shape index (κ3) is 3.30. The van der Waals surface area contributed by atoms with Crippen molar-refractivity contribution in [2.24, 2.45) is 5.73 Å². The van der Waals surface area contributed by atoms with E-state index in [1.54, 1.807) is 0 Å². The maximum atomic E-state index is 10.4. The summed E-state index contributed by atoms with van der Waals surface area (Å²) in [5.41, 5.74) is 4.98. The molecule has 0 spiro atoms. The Morgan fingerprint density at radius 3 is 2.36 bits per heavy atom. The second-order valence-corrected chi connectivity index (χ2v) is 3.39. The van der Waals surface area contributed by atoms with Gasteiger partial charge in [0.25, 0.3) is 0 Å². The molecule has 0 fully saturated rings. The zero-order valence-corrected chi connectivity index (χ0v) is 7.23. The van der Waals surface area contributed by atoms with Crippen LogP contribution in [-0.4, -0.2) is 28.9 Å². The molecule has 64 valence electrons. The molecule has 7 heteroatoms. The molecule has 3 N–H and O–H groups in total. The zero-order chi connectivity index (χ0) is 9.07. The Balaban J connectivity index is 4.62. The molecule has 0 heterocycles. The zero-order valence-electron chi connectivity index (χ0n) is 5.60. The molecule has 0 rings (SSSR count). The summed E-state index contributed by atoms with van der Waals surface area (Å²) >= 11 is 4.35. The van der Waals surface area contributed by atoms with Crippen LogP contribution in [0, 0.1) is 0 Å². The summed E-state index contributed by atoms with van der Waals surface area (Å²) < 4.78 is 29.8. The minimum absolute atomic E-state index is 0.131. The van der Waals surface area contributed by atoms with Crippen molar-refractivity contribution in [2.75, 3.05) is 6.54 Å². The fraction of sp³-hybridized carbons (Fsp3) is 0.250. The first kappa shape index (κ1) is 10.3. The lowest BCUT2D eigenvalue weighted by Gasteiger charge is -2.15. The fourth-order valence-electron chi connectivity index (χ4n) is 0.415. The molecule has 0 saturated carbocycles. The lowest BCUT2D eigenvalue weighted by atomic mass is 10.6. The van der Waals surface area contributed by atoms with E-state index in [1.807, 2.05) is 0 Å². The third-order valence-corrected chi connectivity index (χ3v) is 2.06. The molecule has 0 unspecified atom stereocenters. The molecular weight excluding hydrogens is 188 g/mol. The second kappa shape index (κ2) is 3.65. The average Bonchev–Trinajstić information content (AvgIpc) is 1.79. The summed E-state index contributed by atoms with van der Waals surface area (Å²) in [6.07, 6.45) is 1.26. The molecule has 11 heavy (non-hydrogen) atoms. The summed E-state index contributed by atoms with van der Waals surface area (Å²) in [5.74, 6) is 0. The Bertz CT molecular complexity index is 259. The monoisotopic (exact) mass is 196 g/mol. The van der Waals surface area contributed by atoms with Gasteiger partial charge in [-0.3, -0.25) is 4.55 Å². The van der Waals surface area contributed by atoms with Crippen molar-refractivity contribution in [3.63, 3.8) is 0 Å². The van der Waals surface area contributed by atoms with E-state index in [9.17, 15) is 8.42 Å². The van der Waals surface area contributed by atoms with Gasteiger partial charge in [-0.1, -0.05) is 6.08 Å². The van der Waals surface area contributed by atoms with Crippen molar-refractivity contribution in [1.29, 1.82) is 0 Å². The standard InChI is InChI=1S/C4H8N2O3S2/c1-2-3-6(4(5)10)11(7,8)9/h2H,1,3H2,(H2,5,10)(H,7,8,9). The van der Waals surface area contributed by atoms with Crippen LogP contribution >= 0.6 is 12.2 Å². The van der Waals surface area contributed by atoms with Crippen molar-refractivity contribution in [1.82, 2.24) is 4.31 Å². The molecule has 0 aliphatic rings. The fourth-order valence-corrected chi connectivity index (χ4v) is 1.29. The van der Waals surface area contributed by atoms with Gasteiger partial charge in [-0.15, -0.1) is 6.58 Å². The highest BCUT2D eigenvalue weighted by Gasteiger charge is 2.17. The molecule has 0 radical (unpaired) electrons. The third-order valence-electron chi connectivity index (χ3n) is 0.819. The lowest BCUT2D eigenvalue weighted by molar-refractivity contribution is 0.431. The van der Waals surface area contributed by atoms with Crippen LogP contribution in [0.5, 0.6) is 0 Å². The molecule has 5 nitrogen and oxygen atoms in total. The minimum atomic E-state index is -4.33. The highest BCUT2D eigenvalue weighted by molar-refractivity contribution is 7.87. The van der Waals surface area contributed by atoms with Crippen molar-refractivity contribution in [3.8, 4) is 0 Å². The second-order valence-electron chi connectivity index (χ2n) is 1.64. The maximum Gasteiger partial charge on any atom is 0.362 e. The van der Waals surface area contributed by atoms with Crippen LogP contribution in [0.4, 0.5) is 0 Å². The van der Waals surface area contributed by atoms with Crippen molar-refractivity contribution >= 4 is 27.6 Å². The van der Waals surface area contributed by atoms with Gasteiger partial charge in [-0.2, -0.15) is 8.42 Å². The lowest BCUT2D eigenvalue weighted by Crippen LogP contribution is -2.39. The summed E-state index contributed by atoms with van der Waals surface area (Å²) in [4.78, 5) is 0. The van der Waals surface area contributed by atoms with Gasteiger partial charge in [0.2, 0.25) is 0 Å². The number of rotatable bonds is 3. The SMILES string of the molecule is C=CCN(C(N)=S)S(=O)(=O)O. The number of thiocarbonyl (C=S) groups is 1. The number of nitrogens with zero attached hydrogens (tertiary/aromatic N) is 1. The van der Waals surface area contributed by atoms with Crippen LogP contribution in [-0.2, 0) is 10.3 Å². The summed E-state index contributed by atoms with van der Waals surface area (Å²) in [5, 5.41) is -0.410. The molecular formula is C4H8N2O3S2. The maximum absolute atomic E-state index is 10.4. The number of hydrogen-bond acceptors (Lipinski definition) is 3. The largest absolute Gasteiger partial charge is 0.375 e. The van der Waals surface area contributed by atoms with Gasteiger partial charge in [0.1, 0.15) is 0 Å². The van der Waals surface area contributed by atoms with Gasteiger partial charge < -0.3 is 5.73 Å². The molecule has 0 atom stereocenters. The van der Waals surface area contributed by atoms with Crippen LogP contribution in [0.3, 0.4) is 0 Å². The Hall–Kier alpha value is -0.660. The van der Waals surface area contributed by atoms with Gasteiger partial charge in [-0.25, -0.2) is 4.31 Å². The van der Waals surface area contributed by atoms with E-state index >= 15 is 0 Å². The predicted octanol–water partition coefficient (Wildman–Crippen LogP) is -0.479. The van der Waals surface area contributed by atoms with Gasteiger partial charge in [0.15, 0.2) is 5.11 Å².